The third kappa shape index (κ3) is 11.1. The van der Waals surface area contributed by atoms with Gasteiger partial charge < -0.3 is 37.5 Å². The number of nitrogens with one attached hydrogen (secondary N) is 1. The van der Waals surface area contributed by atoms with Crippen LogP contribution in [0.3, 0.4) is 0 Å². The average molecular weight is 847 g/mol. The standard InChI is InChI=1S/C44H55N4O11P/c1-8-13-39(50)54-29-55-41-40(59-60(57-27-12-25-45)48(30(2)3)31(4)5)37(58-42(41)47-26-24-38(49)46-43(47)51)28-56-44(32-14-10-9-11-15-32,33-16-20-35(52-6)21-17-33)34-18-22-36(53-7)23-19-34/h9-11,14-24,26,30-31,37,40-42H,8,12-13,27-29H2,1-7H3,(H,46,49,51)/t37-,40-,41-,42-,60?/m1/s1. The van der Waals surface area contributed by atoms with Gasteiger partial charge >= 0.3 is 11.7 Å². The van der Waals surface area contributed by atoms with Crippen molar-refractivity contribution >= 4 is 14.5 Å². The molecule has 322 valence electrons. The van der Waals surface area contributed by atoms with Crippen molar-refractivity contribution in [2.24, 2.45) is 0 Å². The second-order valence-corrected chi connectivity index (χ2v) is 15.9. The number of H-pyrrole nitrogens is 1. The normalized spacial score (nSPS) is 18.4. The molecule has 4 aromatic rings. The maximum Gasteiger partial charge on any atom is 0.330 e. The molecule has 1 N–H and O–H groups in total. The fraction of sp³-hybridized carbons (Fsp3) is 0.455. The van der Waals surface area contributed by atoms with E-state index in [0.717, 1.165) is 16.7 Å². The van der Waals surface area contributed by atoms with Gasteiger partial charge in [-0.2, -0.15) is 5.26 Å². The Morgan fingerprint density at radius 3 is 2.03 bits per heavy atom. The lowest BCUT2D eigenvalue weighted by atomic mass is 9.80. The Kier molecular flexibility index (Phi) is 17.0. The van der Waals surface area contributed by atoms with E-state index in [1.54, 1.807) is 14.2 Å². The third-order valence-corrected chi connectivity index (χ3v) is 12.0. The zero-order valence-electron chi connectivity index (χ0n) is 35.1. The van der Waals surface area contributed by atoms with Crippen LogP contribution in [0, 0.1) is 11.3 Å². The first-order valence-electron chi connectivity index (χ1n) is 19.9. The lowest BCUT2D eigenvalue weighted by Crippen LogP contribution is -2.44. The summed E-state index contributed by atoms with van der Waals surface area (Å²) < 4.78 is 53.5. The molecule has 1 aliphatic heterocycles. The number of nitrogens with zero attached hydrogens (tertiary/aromatic N) is 3. The Balaban J connectivity index is 1.68. The maximum absolute atomic E-state index is 13.4. The summed E-state index contributed by atoms with van der Waals surface area (Å²) in [6.07, 6.45) is -2.15. The van der Waals surface area contributed by atoms with Gasteiger partial charge in [0.25, 0.3) is 14.1 Å². The Bertz CT molecular complexity index is 2050. The molecule has 1 aromatic heterocycles. The van der Waals surface area contributed by atoms with Crippen LogP contribution in [0.2, 0.25) is 0 Å². The molecule has 15 nitrogen and oxygen atoms in total. The van der Waals surface area contributed by atoms with Crippen LogP contribution in [0.25, 0.3) is 0 Å². The smallest absolute Gasteiger partial charge is 0.330 e. The Hall–Kier alpha value is -4.91. The number of esters is 1. The summed E-state index contributed by atoms with van der Waals surface area (Å²) in [5.41, 5.74) is -0.272. The van der Waals surface area contributed by atoms with Gasteiger partial charge in [-0.3, -0.25) is 19.1 Å². The van der Waals surface area contributed by atoms with Crippen LogP contribution in [0.1, 0.15) is 76.8 Å². The van der Waals surface area contributed by atoms with Crippen LogP contribution in [0.4, 0.5) is 0 Å². The molecule has 1 aliphatic rings. The van der Waals surface area contributed by atoms with E-state index < -0.39 is 62.7 Å². The van der Waals surface area contributed by atoms with Crippen molar-refractivity contribution in [1.82, 2.24) is 14.2 Å². The van der Waals surface area contributed by atoms with Crippen LogP contribution >= 0.6 is 8.53 Å². The van der Waals surface area contributed by atoms with Gasteiger partial charge in [-0.25, -0.2) is 9.46 Å². The maximum atomic E-state index is 13.4. The summed E-state index contributed by atoms with van der Waals surface area (Å²) in [5.74, 6) is 0.842. The molecule has 0 amide bonds. The van der Waals surface area contributed by atoms with Crippen molar-refractivity contribution in [1.29, 1.82) is 5.26 Å². The topological polar surface area (TPSA) is 173 Å². The number of methoxy groups -OCH3 is 2. The summed E-state index contributed by atoms with van der Waals surface area (Å²) in [5, 5.41) is 9.43. The lowest BCUT2D eigenvalue weighted by molar-refractivity contribution is -0.170. The molecular weight excluding hydrogens is 791 g/mol. The Labute approximate surface area is 352 Å². The summed E-state index contributed by atoms with van der Waals surface area (Å²) in [6.45, 7) is 9.37. The van der Waals surface area contributed by atoms with E-state index in [1.807, 2.05) is 113 Å². The number of ether oxygens (including phenoxy) is 6. The first-order valence-corrected chi connectivity index (χ1v) is 21.1. The van der Waals surface area contributed by atoms with Crippen LogP contribution < -0.4 is 20.7 Å². The van der Waals surface area contributed by atoms with Crippen molar-refractivity contribution in [2.75, 3.05) is 34.2 Å². The number of hydrogen-bond donors (Lipinski definition) is 1. The minimum atomic E-state index is -1.91. The predicted octanol–water partition coefficient (Wildman–Crippen LogP) is 6.81. The molecule has 0 saturated carbocycles. The number of carbonyl (C=O) groups excluding carboxylic acids is 1. The van der Waals surface area contributed by atoms with E-state index in [1.165, 1.54) is 16.8 Å². The third-order valence-electron chi connectivity index (χ3n) is 9.86. The van der Waals surface area contributed by atoms with Gasteiger partial charge in [-0.1, -0.05) is 61.5 Å². The number of carbonyl (C=O) groups is 1. The quantitative estimate of drug-likeness (QED) is 0.0288. The molecule has 3 aromatic carbocycles. The summed E-state index contributed by atoms with van der Waals surface area (Å²) >= 11 is 0. The molecule has 5 atom stereocenters. The van der Waals surface area contributed by atoms with Gasteiger partial charge in [-0.05, 0) is 75.1 Å². The molecule has 0 bridgehead atoms. The molecule has 0 aliphatic carbocycles. The number of aromatic nitrogens is 2. The van der Waals surface area contributed by atoms with Crippen molar-refractivity contribution in [3.63, 3.8) is 0 Å². The van der Waals surface area contributed by atoms with Crippen LogP contribution in [-0.2, 0) is 38.4 Å². The highest BCUT2D eigenvalue weighted by Gasteiger charge is 2.52. The van der Waals surface area contributed by atoms with Gasteiger partial charge in [-0.15, -0.1) is 0 Å². The molecule has 2 heterocycles. The molecule has 1 saturated heterocycles. The number of rotatable bonds is 22. The SMILES string of the molecule is CCCC(=O)OCO[C@@H]1[C@H](OP(OCCC#N)N(C(C)C)C(C)C)[C@@H](COC(c2ccccc2)(c2ccc(OC)cc2)c2ccc(OC)cc2)O[C@H]1n1ccc(=O)[nH]c1=O. The second kappa shape index (κ2) is 22.1. The highest BCUT2D eigenvalue weighted by molar-refractivity contribution is 7.44. The highest BCUT2D eigenvalue weighted by Crippen LogP contribution is 2.51. The number of benzene rings is 3. The molecule has 0 radical (unpaired) electrons. The average Bonchev–Trinajstić information content (AvgIpc) is 3.57. The lowest BCUT2D eigenvalue weighted by Gasteiger charge is -2.39. The van der Waals surface area contributed by atoms with Gasteiger partial charge in [0.2, 0.25) is 0 Å². The van der Waals surface area contributed by atoms with Crippen molar-refractivity contribution in [2.45, 2.75) is 96.1 Å². The highest BCUT2D eigenvalue weighted by atomic mass is 31.2. The molecule has 16 heteroatoms. The van der Waals surface area contributed by atoms with Crippen molar-refractivity contribution in [3.8, 4) is 17.6 Å². The van der Waals surface area contributed by atoms with E-state index in [4.69, 9.17) is 37.5 Å². The van der Waals surface area contributed by atoms with Crippen LogP contribution in [0.5, 0.6) is 11.5 Å². The summed E-state index contributed by atoms with van der Waals surface area (Å²) in [4.78, 5) is 40.5. The van der Waals surface area contributed by atoms with Gasteiger partial charge in [0.15, 0.2) is 13.0 Å². The first kappa shape index (κ1) is 46.2. The summed E-state index contributed by atoms with van der Waals surface area (Å²) in [7, 11) is 1.29. The molecule has 5 rings (SSSR count). The summed E-state index contributed by atoms with van der Waals surface area (Å²) in [6, 6.07) is 28.1. The zero-order valence-corrected chi connectivity index (χ0v) is 36.0. The van der Waals surface area contributed by atoms with E-state index in [-0.39, 0.29) is 38.1 Å². The molecule has 0 spiro atoms. The monoisotopic (exact) mass is 846 g/mol. The zero-order chi connectivity index (χ0) is 43.2. The van der Waals surface area contributed by atoms with E-state index in [0.29, 0.717) is 17.9 Å². The molecule has 1 fully saturated rings. The minimum Gasteiger partial charge on any atom is -0.497 e. The van der Waals surface area contributed by atoms with Crippen LogP contribution in [-0.4, -0.2) is 84.8 Å². The van der Waals surface area contributed by atoms with Crippen molar-refractivity contribution in [3.05, 3.63) is 129 Å². The predicted molar refractivity (Wildman–Crippen MR) is 224 cm³/mol. The van der Waals surface area contributed by atoms with Gasteiger partial charge in [0, 0.05) is 30.8 Å². The van der Waals surface area contributed by atoms with Gasteiger partial charge in [0.1, 0.15) is 35.4 Å². The van der Waals surface area contributed by atoms with E-state index >= 15 is 0 Å². The Morgan fingerprint density at radius 1 is 0.900 bits per heavy atom. The second-order valence-electron chi connectivity index (χ2n) is 14.5. The number of aromatic amines is 1. The molecule has 1 unspecified atom stereocenters. The number of hydrogen-bond acceptors (Lipinski definition) is 13. The molecular formula is C44H55N4O11P. The minimum absolute atomic E-state index is 0.0573. The van der Waals surface area contributed by atoms with E-state index in [9.17, 15) is 19.6 Å². The Morgan fingerprint density at radius 2 is 1.50 bits per heavy atom. The fourth-order valence-electron chi connectivity index (χ4n) is 7.13. The van der Waals surface area contributed by atoms with Crippen LogP contribution in [0.15, 0.2) is 101 Å². The molecule has 60 heavy (non-hydrogen) atoms. The van der Waals surface area contributed by atoms with E-state index in [2.05, 4.69) is 15.7 Å². The fourth-order valence-corrected chi connectivity index (χ4v) is 8.90. The van der Waals surface area contributed by atoms with Crippen molar-refractivity contribution < 1.29 is 42.3 Å². The van der Waals surface area contributed by atoms with Gasteiger partial charge in [0.05, 0.1) is 39.9 Å². The number of nitriles is 1. The first-order chi connectivity index (χ1) is 29.0. The largest absolute Gasteiger partial charge is 0.497 e.